The number of nitrogens with one attached hydrogen (secondary N) is 1. The van der Waals surface area contributed by atoms with Gasteiger partial charge in [-0.15, -0.1) is 0 Å². The van der Waals surface area contributed by atoms with Crippen molar-refractivity contribution in [3.05, 3.63) is 35.9 Å². The third-order valence-electron chi connectivity index (χ3n) is 2.81. The average Bonchev–Trinajstić information content (AvgIpc) is 2.37. The lowest BCUT2D eigenvalue weighted by molar-refractivity contribution is -0.207. The highest BCUT2D eigenvalue weighted by Gasteiger charge is 2.58. The standard InChI is InChI=1S/C12H13F3N2O3/c1-11(10(19)20,12(13,14)15)17-9(18)8(16)7-5-3-2-4-6-7/h2-6,8H,16H2,1H3,(H,17,18)(H,19,20)/t8-,11?/m1/s1. The Morgan fingerprint density at radius 3 is 2.15 bits per heavy atom. The lowest BCUT2D eigenvalue weighted by atomic mass is 10.00. The van der Waals surface area contributed by atoms with Gasteiger partial charge in [-0.2, -0.15) is 13.2 Å². The van der Waals surface area contributed by atoms with Crippen molar-refractivity contribution in [1.82, 2.24) is 5.32 Å². The number of carboxylic acid groups (broad SMARTS) is 1. The highest BCUT2D eigenvalue weighted by atomic mass is 19.4. The quantitative estimate of drug-likeness (QED) is 0.777. The third kappa shape index (κ3) is 3.08. The molecule has 0 aromatic heterocycles. The van der Waals surface area contributed by atoms with Crippen LogP contribution >= 0.6 is 0 Å². The number of benzene rings is 1. The number of aliphatic carboxylic acids is 1. The molecule has 0 aliphatic heterocycles. The Balaban J connectivity index is 2.96. The molecule has 8 heteroatoms. The maximum atomic E-state index is 12.7. The summed E-state index contributed by atoms with van der Waals surface area (Å²) in [7, 11) is 0. The van der Waals surface area contributed by atoms with Crippen LogP contribution in [0.2, 0.25) is 0 Å². The molecular weight excluding hydrogens is 277 g/mol. The van der Waals surface area contributed by atoms with Crippen molar-refractivity contribution in [3.8, 4) is 0 Å². The molecule has 20 heavy (non-hydrogen) atoms. The fourth-order valence-corrected chi connectivity index (χ4v) is 1.38. The summed E-state index contributed by atoms with van der Waals surface area (Å²) in [5.74, 6) is -3.43. The fourth-order valence-electron chi connectivity index (χ4n) is 1.38. The number of alkyl halides is 3. The van der Waals surface area contributed by atoms with Crippen molar-refractivity contribution in [1.29, 1.82) is 0 Å². The Hall–Kier alpha value is -2.09. The number of rotatable bonds is 4. The first-order valence-corrected chi connectivity index (χ1v) is 5.52. The van der Waals surface area contributed by atoms with Crippen molar-refractivity contribution in [2.45, 2.75) is 24.7 Å². The van der Waals surface area contributed by atoms with Gasteiger partial charge in [-0.05, 0) is 12.5 Å². The number of carbonyl (C=O) groups is 2. The van der Waals surface area contributed by atoms with E-state index in [1.807, 2.05) is 0 Å². The molecule has 4 N–H and O–H groups in total. The molecular formula is C12H13F3N2O3. The molecule has 1 unspecified atom stereocenters. The number of hydrogen-bond donors (Lipinski definition) is 3. The molecule has 0 aliphatic rings. The van der Waals surface area contributed by atoms with Crippen molar-refractivity contribution in [2.75, 3.05) is 0 Å². The van der Waals surface area contributed by atoms with Gasteiger partial charge in [-0.1, -0.05) is 30.3 Å². The lowest BCUT2D eigenvalue weighted by Crippen LogP contribution is -2.63. The van der Waals surface area contributed by atoms with Gasteiger partial charge in [0.1, 0.15) is 6.04 Å². The molecule has 1 amide bonds. The van der Waals surface area contributed by atoms with Crippen LogP contribution in [0.25, 0.3) is 0 Å². The van der Waals surface area contributed by atoms with Gasteiger partial charge in [0.05, 0.1) is 0 Å². The Morgan fingerprint density at radius 2 is 1.75 bits per heavy atom. The first-order chi connectivity index (χ1) is 9.09. The van der Waals surface area contributed by atoms with E-state index in [0.717, 1.165) is 0 Å². The van der Waals surface area contributed by atoms with E-state index < -0.39 is 29.6 Å². The number of hydrogen-bond acceptors (Lipinski definition) is 3. The summed E-state index contributed by atoms with van der Waals surface area (Å²) >= 11 is 0. The zero-order valence-electron chi connectivity index (χ0n) is 10.4. The monoisotopic (exact) mass is 290 g/mol. The maximum Gasteiger partial charge on any atom is 0.422 e. The molecule has 0 saturated heterocycles. The van der Waals surface area contributed by atoms with Gasteiger partial charge in [0, 0.05) is 0 Å². The average molecular weight is 290 g/mol. The number of carbonyl (C=O) groups excluding carboxylic acids is 1. The van der Waals surface area contributed by atoms with E-state index in [2.05, 4.69) is 0 Å². The molecule has 1 aromatic rings. The van der Waals surface area contributed by atoms with Crippen molar-refractivity contribution in [3.63, 3.8) is 0 Å². The molecule has 0 saturated carbocycles. The molecule has 110 valence electrons. The van der Waals surface area contributed by atoms with Crippen molar-refractivity contribution >= 4 is 11.9 Å². The van der Waals surface area contributed by atoms with E-state index >= 15 is 0 Å². The predicted molar refractivity (Wildman–Crippen MR) is 63.6 cm³/mol. The first-order valence-electron chi connectivity index (χ1n) is 5.52. The second-order valence-electron chi connectivity index (χ2n) is 4.31. The molecule has 5 nitrogen and oxygen atoms in total. The van der Waals surface area contributed by atoms with Gasteiger partial charge in [-0.25, -0.2) is 4.79 Å². The number of amides is 1. The Kier molecular flexibility index (Phi) is 4.39. The van der Waals surface area contributed by atoms with E-state index in [1.165, 1.54) is 17.4 Å². The zero-order chi connectivity index (χ0) is 15.6. The van der Waals surface area contributed by atoms with Gasteiger partial charge in [-0.3, -0.25) is 4.79 Å². The van der Waals surface area contributed by atoms with Gasteiger partial charge < -0.3 is 16.2 Å². The van der Waals surface area contributed by atoms with E-state index in [4.69, 9.17) is 10.8 Å². The van der Waals surface area contributed by atoms with Crippen LogP contribution in [0.3, 0.4) is 0 Å². The summed E-state index contributed by atoms with van der Waals surface area (Å²) in [6.45, 7) is 0.366. The minimum absolute atomic E-state index is 0.278. The molecule has 0 heterocycles. The molecule has 1 rings (SSSR count). The highest BCUT2D eigenvalue weighted by molar-refractivity contribution is 5.90. The van der Waals surface area contributed by atoms with E-state index in [0.29, 0.717) is 6.92 Å². The summed E-state index contributed by atoms with van der Waals surface area (Å²) in [6, 6.07) is 6.28. The smallest absolute Gasteiger partial charge is 0.422 e. The van der Waals surface area contributed by atoms with Crippen LogP contribution in [0.15, 0.2) is 30.3 Å². The second-order valence-corrected chi connectivity index (χ2v) is 4.31. The minimum Gasteiger partial charge on any atom is -0.479 e. The number of carboxylic acids is 1. The summed E-state index contributed by atoms with van der Waals surface area (Å²) in [6.07, 6.45) is -5.15. The normalized spacial score (nSPS) is 16.1. The van der Waals surface area contributed by atoms with E-state index in [-0.39, 0.29) is 5.56 Å². The molecule has 0 fully saturated rings. The van der Waals surface area contributed by atoms with Gasteiger partial charge in [0.15, 0.2) is 0 Å². The van der Waals surface area contributed by atoms with Gasteiger partial charge in [0.2, 0.25) is 11.4 Å². The summed E-state index contributed by atoms with van der Waals surface area (Å²) < 4.78 is 38.2. The van der Waals surface area contributed by atoms with Crippen LogP contribution in [-0.4, -0.2) is 28.7 Å². The minimum atomic E-state index is -5.15. The fraction of sp³-hybridized carbons (Fsp3) is 0.333. The van der Waals surface area contributed by atoms with Crippen LogP contribution in [0.5, 0.6) is 0 Å². The Morgan fingerprint density at radius 1 is 1.25 bits per heavy atom. The van der Waals surface area contributed by atoms with Crippen LogP contribution in [0.1, 0.15) is 18.5 Å². The molecule has 2 atom stereocenters. The predicted octanol–water partition coefficient (Wildman–Crippen LogP) is 1.21. The van der Waals surface area contributed by atoms with Crippen LogP contribution in [-0.2, 0) is 9.59 Å². The number of halogens is 3. The lowest BCUT2D eigenvalue weighted by Gasteiger charge is -2.29. The second kappa shape index (κ2) is 5.49. The van der Waals surface area contributed by atoms with Gasteiger partial charge in [0.25, 0.3) is 0 Å². The Labute approximate surface area is 112 Å². The summed E-state index contributed by atoms with van der Waals surface area (Å²) in [4.78, 5) is 22.5. The largest absolute Gasteiger partial charge is 0.479 e. The molecule has 0 radical (unpaired) electrons. The molecule has 1 aromatic carbocycles. The zero-order valence-corrected chi connectivity index (χ0v) is 10.4. The Bertz CT molecular complexity index is 504. The third-order valence-corrected chi connectivity index (χ3v) is 2.81. The summed E-state index contributed by atoms with van der Waals surface area (Å²) in [5, 5.41) is 10.1. The van der Waals surface area contributed by atoms with Crippen LogP contribution < -0.4 is 11.1 Å². The van der Waals surface area contributed by atoms with Crippen molar-refractivity contribution < 1.29 is 27.9 Å². The maximum absolute atomic E-state index is 12.7. The topological polar surface area (TPSA) is 92.4 Å². The van der Waals surface area contributed by atoms with Crippen LogP contribution in [0, 0.1) is 0 Å². The van der Waals surface area contributed by atoms with E-state index in [9.17, 15) is 22.8 Å². The SMILES string of the molecule is CC(NC(=O)[C@H](N)c1ccccc1)(C(=O)O)C(F)(F)F. The molecule has 0 aliphatic carbocycles. The molecule has 0 bridgehead atoms. The first kappa shape index (κ1) is 16.0. The van der Waals surface area contributed by atoms with E-state index in [1.54, 1.807) is 18.2 Å². The van der Waals surface area contributed by atoms with Gasteiger partial charge >= 0.3 is 12.1 Å². The van der Waals surface area contributed by atoms with Crippen molar-refractivity contribution in [2.24, 2.45) is 5.73 Å². The summed E-state index contributed by atoms with van der Waals surface area (Å²) in [5.41, 5.74) is 2.40. The highest BCUT2D eigenvalue weighted by Crippen LogP contribution is 2.30. The number of nitrogens with two attached hydrogens (primary N) is 1. The molecule has 0 spiro atoms. The van der Waals surface area contributed by atoms with Crippen LogP contribution in [0.4, 0.5) is 13.2 Å².